The zero-order valence-corrected chi connectivity index (χ0v) is 8.61. The molecular weight excluding hydrogens is 198 g/mol. The lowest BCUT2D eigenvalue weighted by Gasteiger charge is -2.08. The van der Waals surface area contributed by atoms with E-state index in [-0.39, 0.29) is 0 Å². The van der Waals surface area contributed by atoms with Crippen molar-refractivity contribution in [2.24, 2.45) is 0 Å². The average Bonchev–Trinajstić information content (AvgIpc) is 2.64. The standard InChI is InChI=1S/C10H13NO4/c1-3-8-7(4-5-15-8)9(12)11-6(2)10(13)14/h4-6H,3H2,1-2H3,(H,11,12)(H,13,14)/t6-/m0/s1. The van der Waals surface area contributed by atoms with E-state index in [0.717, 1.165) is 0 Å². The molecule has 0 saturated heterocycles. The zero-order valence-electron chi connectivity index (χ0n) is 8.61. The smallest absolute Gasteiger partial charge is 0.325 e. The van der Waals surface area contributed by atoms with Gasteiger partial charge in [0.05, 0.1) is 11.8 Å². The molecule has 0 saturated carbocycles. The van der Waals surface area contributed by atoms with Crippen LogP contribution in [0.2, 0.25) is 0 Å². The molecule has 1 heterocycles. The Hall–Kier alpha value is -1.78. The number of carboxylic acids is 1. The maximum Gasteiger partial charge on any atom is 0.325 e. The van der Waals surface area contributed by atoms with E-state index in [4.69, 9.17) is 9.52 Å². The second-order valence-corrected chi connectivity index (χ2v) is 3.14. The summed E-state index contributed by atoms with van der Waals surface area (Å²) in [5, 5.41) is 11.0. The van der Waals surface area contributed by atoms with Gasteiger partial charge >= 0.3 is 5.97 Å². The van der Waals surface area contributed by atoms with Crippen molar-refractivity contribution >= 4 is 11.9 Å². The third-order valence-electron chi connectivity index (χ3n) is 2.03. The molecule has 1 aromatic heterocycles. The molecule has 82 valence electrons. The molecule has 1 rings (SSSR count). The number of furan rings is 1. The number of nitrogens with one attached hydrogen (secondary N) is 1. The molecule has 5 nitrogen and oxygen atoms in total. The van der Waals surface area contributed by atoms with Crippen molar-refractivity contribution < 1.29 is 19.1 Å². The fourth-order valence-corrected chi connectivity index (χ4v) is 1.15. The first kappa shape index (κ1) is 11.3. The molecule has 1 atom stereocenters. The fraction of sp³-hybridized carbons (Fsp3) is 0.400. The number of carbonyl (C=O) groups is 2. The minimum absolute atomic E-state index is 0.394. The van der Waals surface area contributed by atoms with Crippen LogP contribution >= 0.6 is 0 Å². The molecule has 0 bridgehead atoms. The minimum Gasteiger partial charge on any atom is -0.480 e. The molecule has 0 aliphatic heterocycles. The number of carbonyl (C=O) groups excluding carboxylic acids is 1. The van der Waals surface area contributed by atoms with Gasteiger partial charge in [-0.1, -0.05) is 6.92 Å². The van der Waals surface area contributed by atoms with E-state index < -0.39 is 17.9 Å². The average molecular weight is 211 g/mol. The van der Waals surface area contributed by atoms with Gasteiger partial charge in [-0.2, -0.15) is 0 Å². The summed E-state index contributed by atoms with van der Waals surface area (Å²) in [5.41, 5.74) is 0.394. The van der Waals surface area contributed by atoms with Crippen molar-refractivity contribution in [2.75, 3.05) is 0 Å². The fourth-order valence-electron chi connectivity index (χ4n) is 1.15. The van der Waals surface area contributed by atoms with Crippen LogP contribution in [0.1, 0.15) is 30.0 Å². The van der Waals surface area contributed by atoms with Crippen LogP contribution in [0.3, 0.4) is 0 Å². The number of hydrogen-bond donors (Lipinski definition) is 2. The highest BCUT2D eigenvalue weighted by molar-refractivity contribution is 5.97. The lowest BCUT2D eigenvalue weighted by atomic mass is 10.2. The Morgan fingerprint density at radius 2 is 2.27 bits per heavy atom. The van der Waals surface area contributed by atoms with Crippen LogP contribution in [-0.4, -0.2) is 23.0 Å². The van der Waals surface area contributed by atoms with Crippen molar-refractivity contribution in [3.63, 3.8) is 0 Å². The predicted molar refractivity (Wildman–Crippen MR) is 52.7 cm³/mol. The molecule has 0 aliphatic rings. The third kappa shape index (κ3) is 2.59. The maximum atomic E-state index is 11.6. The molecule has 0 spiro atoms. The van der Waals surface area contributed by atoms with Crippen LogP contribution < -0.4 is 5.32 Å². The monoisotopic (exact) mass is 211 g/mol. The summed E-state index contributed by atoms with van der Waals surface area (Å²) < 4.78 is 5.07. The van der Waals surface area contributed by atoms with Crippen LogP contribution in [0.5, 0.6) is 0 Å². The predicted octanol–water partition coefficient (Wildman–Crippen LogP) is 1.04. The normalized spacial score (nSPS) is 12.1. The van der Waals surface area contributed by atoms with Gasteiger partial charge in [0.15, 0.2) is 0 Å². The Bertz CT molecular complexity index is 369. The van der Waals surface area contributed by atoms with Crippen LogP contribution in [0.4, 0.5) is 0 Å². The lowest BCUT2D eigenvalue weighted by molar-refractivity contribution is -0.138. The molecule has 0 fully saturated rings. The van der Waals surface area contributed by atoms with Crippen molar-refractivity contribution in [1.82, 2.24) is 5.32 Å². The van der Waals surface area contributed by atoms with Crippen LogP contribution in [0, 0.1) is 0 Å². The van der Waals surface area contributed by atoms with Gasteiger partial charge in [-0.3, -0.25) is 9.59 Å². The second kappa shape index (κ2) is 4.63. The lowest BCUT2D eigenvalue weighted by Crippen LogP contribution is -2.38. The molecule has 0 radical (unpaired) electrons. The Labute approximate surface area is 87.1 Å². The van der Waals surface area contributed by atoms with Gasteiger partial charge in [0, 0.05) is 6.42 Å². The van der Waals surface area contributed by atoms with Gasteiger partial charge in [0.25, 0.3) is 5.91 Å². The van der Waals surface area contributed by atoms with Gasteiger partial charge in [-0.15, -0.1) is 0 Å². The Morgan fingerprint density at radius 1 is 1.60 bits per heavy atom. The summed E-state index contributed by atoms with van der Waals surface area (Å²) in [6.07, 6.45) is 2.01. The molecule has 0 unspecified atom stereocenters. The Morgan fingerprint density at radius 3 is 2.80 bits per heavy atom. The first-order valence-corrected chi connectivity index (χ1v) is 4.66. The molecular formula is C10H13NO4. The van der Waals surface area contributed by atoms with Crippen molar-refractivity contribution in [2.45, 2.75) is 26.3 Å². The maximum absolute atomic E-state index is 11.6. The number of hydrogen-bond acceptors (Lipinski definition) is 3. The van der Waals surface area contributed by atoms with Gasteiger partial charge < -0.3 is 14.8 Å². The summed E-state index contributed by atoms with van der Waals surface area (Å²) in [6.45, 7) is 3.27. The van der Waals surface area contributed by atoms with Crippen molar-refractivity contribution in [3.8, 4) is 0 Å². The SMILES string of the molecule is CCc1occc1C(=O)N[C@@H](C)C(=O)O. The molecule has 15 heavy (non-hydrogen) atoms. The molecule has 2 N–H and O–H groups in total. The van der Waals surface area contributed by atoms with Gasteiger partial charge in [0.2, 0.25) is 0 Å². The summed E-state index contributed by atoms with van der Waals surface area (Å²) in [6, 6.07) is 0.625. The minimum atomic E-state index is -1.06. The number of aryl methyl sites for hydroxylation is 1. The largest absolute Gasteiger partial charge is 0.480 e. The zero-order chi connectivity index (χ0) is 11.4. The van der Waals surface area contributed by atoms with Crippen LogP contribution in [0.25, 0.3) is 0 Å². The van der Waals surface area contributed by atoms with E-state index in [1.807, 2.05) is 6.92 Å². The topological polar surface area (TPSA) is 79.5 Å². The van der Waals surface area contributed by atoms with E-state index in [0.29, 0.717) is 17.7 Å². The summed E-state index contributed by atoms with van der Waals surface area (Å²) >= 11 is 0. The quantitative estimate of drug-likeness (QED) is 0.780. The number of amides is 1. The van der Waals surface area contributed by atoms with Crippen LogP contribution in [-0.2, 0) is 11.2 Å². The Balaban J connectivity index is 2.73. The van der Waals surface area contributed by atoms with Crippen molar-refractivity contribution in [1.29, 1.82) is 0 Å². The first-order valence-electron chi connectivity index (χ1n) is 4.66. The second-order valence-electron chi connectivity index (χ2n) is 3.14. The first-order chi connectivity index (χ1) is 7.06. The van der Waals surface area contributed by atoms with E-state index in [2.05, 4.69) is 5.32 Å². The third-order valence-corrected chi connectivity index (χ3v) is 2.03. The highest BCUT2D eigenvalue weighted by atomic mass is 16.4. The van der Waals surface area contributed by atoms with Gasteiger partial charge in [-0.25, -0.2) is 0 Å². The Kier molecular flexibility index (Phi) is 3.49. The molecule has 1 amide bonds. The van der Waals surface area contributed by atoms with E-state index in [9.17, 15) is 9.59 Å². The van der Waals surface area contributed by atoms with E-state index in [1.54, 1.807) is 0 Å². The highest BCUT2D eigenvalue weighted by Crippen LogP contribution is 2.10. The molecule has 1 aromatic rings. The number of carboxylic acid groups (broad SMARTS) is 1. The highest BCUT2D eigenvalue weighted by Gasteiger charge is 2.18. The number of aliphatic carboxylic acids is 1. The summed E-state index contributed by atoms with van der Waals surface area (Å²) in [7, 11) is 0. The van der Waals surface area contributed by atoms with E-state index in [1.165, 1.54) is 19.3 Å². The van der Waals surface area contributed by atoms with Crippen molar-refractivity contribution in [3.05, 3.63) is 23.7 Å². The molecule has 0 aromatic carbocycles. The van der Waals surface area contributed by atoms with Gasteiger partial charge in [0.1, 0.15) is 11.8 Å². The molecule has 0 aliphatic carbocycles. The number of rotatable bonds is 4. The van der Waals surface area contributed by atoms with E-state index >= 15 is 0 Å². The summed E-state index contributed by atoms with van der Waals surface area (Å²) in [4.78, 5) is 22.1. The van der Waals surface area contributed by atoms with Crippen LogP contribution in [0.15, 0.2) is 16.7 Å². The molecule has 5 heteroatoms. The summed E-state index contributed by atoms with van der Waals surface area (Å²) in [5.74, 6) is -0.925. The van der Waals surface area contributed by atoms with Gasteiger partial charge in [-0.05, 0) is 13.0 Å².